The molecule has 4 nitrogen and oxygen atoms in total. The smallest absolute Gasteiger partial charge is 0.230 e. The number of rotatable bonds is 1. The summed E-state index contributed by atoms with van der Waals surface area (Å²) >= 11 is 0. The molecular formula is C7H11N3O. The van der Waals surface area contributed by atoms with Gasteiger partial charge in [-0.25, -0.2) is 0 Å². The fourth-order valence-electron chi connectivity index (χ4n) is 1.42. The highest BCUT2D eigenvalue weighted by molar-refractivity contribution is 4.92. The summed E-state index contributed by atoms with van der Waals surface area (Å²) in [5.74, 6) is 1.21. The number of hydrogen-bond acceptors (Lipinski definition) is 4. The molecule has 2 rings (SSSR count). The van der Waals surface area contributed by atoms with E-state index in [1.165, 1.54) is 12.7 Å². The number of nitrogens with one attached hydrogen (secondary N) is 1. The van der Waals surface area contributed by atoms with Gasteiger partial charge in [-0.15, -0.1) is 0 Å². The molecule has 0 amide bonds. The van der Waals surface area contributed by atoms with Crippen molar-refractivity contribution in [3.8, 4) is 0 Å². The molecule has 11 heavy (non-hydrogen) atoms. The second kappa shape index (κ2) is 3.00. The van der Waals surface area contributed by atoms with Crippen molar-refractivity contribution in [2.45, 2.75) is 18.8 Å². The molecule has 4 heteroatoms. The second-order valence-corrected chi connectivity index (χ2v) is 2.82. The van der Waals surface area contributed by atoms with Gasteiger partial charge < -0.3 is 9.84 Å². The van der Waals surface area contributed by atoms with Crippen LogP contribution >= 0.6 is 0 Å². The topological polar surface area (TPSA) is 51.0 Å². The molecule has 1 N–H and O–H groups in total. The monoisotopic (exact) mass is 153 g/mol. The first-order valence-corrected chi connectivity index (χ1v) is 3.94. The van der Waals surface area contributed by atoms with Gasteiger partial charge in [0.1, 0.15) is 0 Å². The molecule has 0 radical (unpaired) electrons. The lowest BCUT2D eigenvalue weighted by Crippen LogP contribution is -2.28. The fourth-order valence-corrected chi connectivity index (χ4v) is 1.42. The largest absolute Gasteiger partial charge is 0.339 e. The minimum atomic E-state index is 0.436. The summed E-state index contributed by atoms with van der Waals surface area (Å²) < 4.78 is 4.97. The van der Waals surface area contributed by atoms with Crippen LogP contribution in [0.2, 0.25) is 0 Å². The molecule has 2 heterocycles. The van der Waals surface area contributed by atoms with Crippen LogP contribution in [0.4, 0.5) is 0 Å². The molecule has 1 unspecified atom stereocenters. The molecule has 1 fully saturated rings. The van der Waals surface area contributed by atoms with E-state index >= 15 is 0 Å². The van der Waals surface area contributed by atoms with Crippen LogP contribution in [0, 0.1) is 0 Å². The van der Waals surface area contributed by atoms with Gasteiger partial charge in [-0.05, 0) is 19.4 Å². The Hall–Kier alpha value is -0.900. The van der Waals surface area contributed by atoms with E-state index in [-0.39, 0.29) is 0 Å². The van der Waals surface area contributed by atoms with Gasteiger partial charge >= 0.3 is 0 Å². The molecule has 0 aliphatic carbocycles. The standard InChI is InChI=1S/C7H11N3O/c1-2-6(4-8-3-1)7-9-5-10-11-7/h5-6,8H,1-4H2. The first-order chi connectivity index (χ1) is 5.47. The van der Waals surface area contributed by atoms with Crippen LogP contribution in [-0.2, 0) is 0 Å². The molecule has 1 saturated heterocycles. The van der Waals surface area contributed by atoms with Crippen LogP contribution < -0.4 is 5.32 Å². The lowest BCUT2D eigenvalue weighted by Gasteiger charge is -2.18. The van der Waals surface area contributed by atoms with Crippen molar-refractivity contribution in [1.29, 1.82) is 0 Å². The van der Waals surface area contributed by atoms with Crippen LogP contribution in [0.3, 0.4) is 0 Å². The maximum atomic E-state index is 4.97. The van der Waals surface area contributed by atoms with Crippen molar-refractivity contribution in [2.75, 3.05) is 13.1 Å². The van der Waals surface area contributed by atoms with Crippen LogP contribution in [0.15, 0.2) is 10.9 Å². The molecule has 1 atom stereocenters. The highest BCUT2D eigenvalue weighted by Gasteiger charge is 2.19. The molecule has 0 bridgehead atoms. The van der Waals surface area contributed by atoms with E-state index in [1.807, 2.05) is 0 Å². The molecule has 1 aliphatic rings. The van der Waals surface area contributed by atoms with Gasteiger partial charge in [-0.2, -0.15) is 4.98 Å². The summed E-state index contributed by atoms with van der Waals surface area (Å²) in [6.07, 6.45) is 3.83. The summed E-state index contributed by atoms with van der Waals surface area (Å²) in [4.78, 5) is 4.02. The molecular weight excluding hydrogens is 142 g/mol. The second-order valence-electron chi connectivity index (χ2n) is 2.82. The minimum Gasteiger partial charge on any atom is -0.339 e. The Kier molecular flexibility index (Phi) is 1.85. The lowest BCUT2D eigenvalue weighted by atomic mass is 10.00. The Morgan fingerprint density at radius 3 is 3.27 bits per heavy atom. The van der Waals surface area contributed by atoms with Crippen molar-refractivity contribution in [3.63, 3.8) is 0 Å². The van der Waals surface area contributed by atoms with E-state index in [1.54, 1.807) is 0 Å². The summed E-state index contributed by atoms with van der Waals surface area (Å²) in [6, 6.07) is 0. The van der Waals surface area contributed by atoms with Gasteiger partial charge in [-0.1, -0.05) is 5.16 Å². The van der Waals surface area contributed by atoms with Crippen molar-refractivity contribution >= 4 is 0 Å². The summed E-state index contributed by atoms with van der Waals surface area (Å²) in [7, 11) is 0. The van der Waals surface area contributed by atoms with Gasteiger partial charge in [-0.3, -0.25) is 0 Å². The normalized spacial score (nSPS) is 25.3. The molecule has 1 aromatic rings. The van der Waals surface area contributed by atoms with Crippen LogP contribution in [0.25, 0.3) is 0 Å². The SMILES string of the molecule is c1noc(C2CCCNC2)n1. The minimum absolute atomic E-state index is 0.436. The van der Waals surface area contributed by atoms with Gasteiger partial charge in [0.25, 0.3) is 0 Å². The average molecular weight is 153 g/mol. The molecule has 1 aliphatic heterocycles. The molecule has 0 saturated carbocycles. The maximum absolute atomic E-state index is 4.97. The van der Waals surface area contributed by atoms with E-state index in [4.69, 9.17) is 4.52 Å². The summed E-state index contributed by atoms with van der Waals surface area (Å²) in [5, 5.41) is 6.88. The van der Waals surface area contributed by atoms with Crippen molar-refractivity contribution < 1.29 is 4.52 Å². The Morgan fingerprint density at radius 2 is 2.64 bits per heavy atom. The zero-order valence-corrected chi connectivity index (χ0v) is 6.29. The third-order valence-electron chi connectivity index (χ3n) is 2.02. The van der Waals surface area contributed by atoms with Crippen LogP contribution in [0.1, 0.15) is 24.7 Å². The highest BCUT2D eigenvalue weighted by Crippen LogP contribution is 2.19. The Balaban J connectivity index is 2.04. The van der Waals surface area contributed by atoms with Crippen LogP contribution in [-0.4, -0.2) is 23.2 Å². The quantitative estimate of drug-likeness (QED) is 0.639. The molecule has 1 aromatic heterocycles. The molecule has 0 aromatic carbocycles. The van der Waals surface area contributed by atoms with E-state index < -0.39 is 0 Å². The van der Waals surface area contributed by atoms with Gasteiger partial charge in [0.2, 0.25) is 5.89 Å². The fraction of sp³-hybridized carbons (Fsp3) is 0.714. The van der Waals surface area contributed by atoms with Gasteiger partial charge in [0, 0.05) is 6.54 Å². The lowest BCUT2D eigenvalue weighted by molar-refractivity contribution is 0.322. The van der Waals surface area contributed by atoms with E-state index in [0.717, 1.165) is 25.4 Å². The number of piperidine rings is 1. The summed E-state index contributed by atoms with van der Waals surface area (Å²) in [5.41, 5.74) is 0. The van der Waals surface area contributed by atoms with E-state index in [2.05, 4.69) is 15.5 Å². The summed E-state index contributed by atoms with van der Waals surface area (Å²) in [6.45, 7) is 2.09. The molecule has 0 spiro atoms. The van der Waals surface area contributed by atoms with E-state index in [0.29, 0.717) is 5.92 Å². The zero-order valence-electron chi connectivity index (χ0n) is 6.29. The van der Waals surface area contributed by atoms with Crippen molar-refractivity contribution in [3.05, 3.63) is 12.2 Å². The highest BCUT2D eigenvalue weighted by atomic mass is 16.5. The Labute approximate surface area is 65.0 Å². The zero-order chi connectivity index (χ0) is 7.52. The predicted molar refractivity (Wildman–Crippen MR) is 39.1 cm³/mol. The third-order valence-corrected chi connectivity index (χ3v) is 2.02. The van der Waals surface area contributed by atoms with Gasteiger partial charge in [0.15, 0.2) is 6.33 Å². The van der Waals surface area contributed by atoms with Crippen LogP contribution in [0.5, 0.6) is 0 Å². The third kappa shape index (κ3) is 1.40. The molecule has 60 valence electrons. The number of nitrogens with zero attached hydrogens (tertiary/aromatic N) is 2. The van der Waals surface area contributed by atoms with Gasteiger partial charge in [0.05, 0.1) is 5.92 Å². The first kappa shape index (κ1) is 6.79. The maximum Gasteiger partial charge on any atom is 0.230 e. The first-order valence-electron chi connectivity index (χ1n) is 3.94. The predicted octanol–water partition coefficient (Wildman–Crippen LogP) is 0.537. The average Bonchev–Trinajstić information content (AvgIpc) is 2.58. The van der Waals surface area contributed by atoms with Crippen molar-refractivity contribution in [1.82, 2.24) is 15.5 Å². The number of hydrogen-bond donors (Lipinski definition) is 1. The van der Waals surface area contributed by atoms with Crippen molar-refractivity contribution in [2.24, 2.45) is 0 Å². The Morgan fingerprint density at radius 1 is 1.64 bits per heavy atom. The van der Waals surface area contributed by atoms with E-state index in [9.17, 15) is 0 Å². The number of aromatic nitrogens is 2. The Bertz CT molecular complexity index is 203.